The molecule has 148 valence electrons. The van der Waals surface area contributed by atoms with E-state index < -0.39 is 0 Å². The van der Waals surface area contributed by atoms with Crippen molar-refractivity contribution in [3.05, 3.63) is 65.4 Å². The molecule has 2 aromatic rings. The first-order valence-corrected chi connectivity index (χ1v) is 9.78. The van der Waals surface area contributed by atoms with Gasteiger partial charge in [-0.2, -0.15) is 0 Å². The second-order valence-corrected chi connectivity index (χ2v) is 7.46. The molecule has 29 heavy (non-hydrogen) atoms. The molecule has 3 amide bonds. The van der Waals surface area contributed by atoms with E-state index >= 15 is 0 Å². The Hall–Kier alpha value is -3.41. The van der Waals surface area contributed by atoms with Crippen LogP contribution in [0.5, 0.6) is 0 Å². The summed E-state index contributed by atoms with van der Waals surface area (Å²) in [6.45, 7) is 4.98. The molecule has 0 atom stereocenters. The van der Waals surface area contributed by atoms with Crippen LogP contribution in [-0.4, -0.2) is 35.7 Å². The number of nitrogens with one attached hydrogen (secondary N) is 1. The summed E-state index contributed by atoms with van der Waals surface area (Å²) in [7, 11) is 0. The van der Waals surface area contributed by atoms with Crippen molar-refractivity contribution in [2.75, 3.05) is 23.3 Å². The molecule has 0 radical (unpaired) electrons. The Morgan fingerprint density at radius 3 is 2.10 bits per heavy atom. The van der Waals surface area contributed by atoms with Crippen LogP contribution in [0.2, 0.25) is 0 Å². The molecule has 4 rings (SSSR count). The van der Waals surface area contributed by atoms with Gasteiger partial charge in [-0.25, -0.2) is 4.90 Å². The van der Waals surface area contributed by atoms with Gasteiger partial charge in [-0.3, -0.25) is 14.4 Å². The van der Waals surface area contributed by atoms with E-state index in [-0.39, 0.29) is 17.7 Å². The zero-order valence-electron chi connectivity index (χ0n) is 16.6. The Labute approximate surface area is 169 Å². The minimum absolute atomic E-state index is 0.175. The fourth-order valence-electron chi connectivity index (χ4n) is 3.86. The zero-order valence-corrected chi connectivity index (χ0v) is 16.6. The maximum Gasteiger partial charge on any atom is 0.282 e. The lowest BCUT2D eigenvalue weighted by atomic mass is 10.0. The van der Waals surface area contributed by atoms with Crippen LogP contribution < -0.4 is 10.2 Å². The van der Waals surface area contributed by atoms with Gasteiger partial charge in [0.25, 0.3) is 11.8 Å². The largest absolute Gasteiger partial charge is 0.366 e. The van der Waals surface area contributed by atoms with Gasteiger partial charge in [0.1, 0.15) is 5.70 Å². The average molecular weight is 389 g/mol. The van der Waals surface area contributed by atoms with Gasteiger partial charge in [0.05, 0.1) is 11.3 Å². The molecule has 2 heterocycles. The topological polar surface area (TPSA) is 69.7 Å². The van der Waals surface area contributed by atoms with Crippen molar-refractivity contribution in [1.29, 1.82) is 0 Å². The smallest absolute Gasteiger partial charge is 0.282 e. The summed E-state index contributed by atoms with van der Waals surface area (Å²) in [6, 6.07) is 14.4. The molecular weight excluding hydrogens is 366 g/mol. The molecule has 6 heteroatoms. The van der Waals surface area contributed by atoms with E-state index in [0.717, 1.165) is 37.1 Å². The van der Waals surface area contributed by atoms with E-state index in [9.17, 15) is 14.4 Å². The molecule has 0 bridgehead atoms. The molecule has 1 N–H and O–H groups in total. The van der Waals surface area contributed by atoms with Crippen molar-refractivity contribution in [3.63, 3.8) is 0 Å². The average Bonchev–Trinajstić information content (AvgIpc) is 3.29. The molecule has 1 saturated heterocycles. The molecule has 0 spiro atoms. The Kier molecular flexibility index (Phi) is 4.92. The number of hydrogen-bond donors (Lipinski definition) is 1. The van der Waals surface area contributed by atoms with Gasteiger partial charge in [0, 0.05) is 25.7 Å². The molecule has 2 aromatic carbocycles. The van der Waals surface area contributed by atoms with Crippen LogP contribution in [0.1, 0.15) is 30.9 Å². The van der Waals surface area contributed by atoms with Crippen molar-refractivity contribution in [2.45, 2.75) is 26.7 Å². The Morgan fingerprint density at radius 2 is 1.52 bits per heavy atom. The fourth-order valence-corrected chi connectivity index (χ4v) is 3.86. The number of imide groups is 1. The summed E-state index contributed by atoms with van der Waals surface area (Å²) >= 11 is 0. The van der Waals surface area contributed by atoms with Crippen LogP contribution >= 0.6 is 0 Å². The maximum absolute atomic E-state index is 13.4. The minimum atomic E-state index is -0.312. The molecular formula is C23H23N3O3. The second-order valence-electron chi connectivity index (χ2n) is 7.46. The van der Waals surface area contributed by atoms with Gasteiger partial charge in [0.2, 0.25) is 5.91 Å². The summed E-state index contributed by atoms with van der Waals surface area (Å²) in [6.07, 6.45) is 2.02. The number of anilines is 2. The van der Waals surface area contributed by atoms with Crippen LogP contribution in [0.3, 0.4) is 0 Å². The maximum atomic E-state index is 13.4. The second kappa shape index (κ2) is 7.54. The molecule has 0 aromatic heterocycles. The number of likely N-dealkylation sites (tertiary alicyclic amines) is 1. The van der Waals surface area contributed by atoms with Gasteiger partial charge < -0.3 is 10.2 Å². The van der Waals surface area contributed by atoms with Gasteiger partial charge in [-0.05, 0) is 49.6 Å². The Morgan fingerprint density at radius 1 is 0.897 bits per heavy atom. The normalized spacial score (nSPS) is 16.8. The number of aryl methyl sites for hydroxylation is 1. The first-order chi connectivity index (χ1) is 14.0. The SMILES string of the molecule is CC(=O)Nc1ccc(N2C(=O)C(c3ccc(C)cc3)=C(N3CCCC3)C2=O)cc1. The molecule has 2 aliphatic rings. The van der Waals surface area contributed by atoms with Crippen molar-refractivity contribution in [2.24, 2.45) is 0 Å². The summed E-state index contributed by atoms with van der Waals surface area (Å²) in [4.78, 5) is 41.2. The van der Waals surface area contributed by atoms with Crippen LogP contribution in [-0.2, 0) is 14.4 Å². The Balaban J connectivity index is 1.74. The van der Waals surface area contributed by atoms with Gasteiger partial charge in [-0.15, -0.1) is 0 Å². The molecule has 0 unspecified atom stereocenters. The van der Waals surface area contributed by atoms with E-state index in [0.29, 0.717) is 22.6 Å². The summed E-state index contributed by atoms with van der Waals surface area (Å²) in [5, 5.41) is 2.69. The predicted molar refractivity (Wildman–Crippen MR) is 112 cm³/mol. The molecule has 0 saturated carbocycles. The number of amides is 3. The quantitative estimate of drug-likeness (QED) is 0.815. The molecule has 0 aliphatic carbocycles. The number of benzene rings is 2. The first-order valence-electron chi connectivity index (χ1n) is 9.78. The molecule has 1 fully saturated rings. The van der Waals surface area contributed by atoms with Crippen LogP contribution in [0.15, 0.2) is 54.2 Å². The van der Waals surface area contributed by atoms with Crippen molar-refractivity contribution in [1.82, 2.24) is 4.90 Å². The fraction of sp³-hybridized carbons (Fsp3) is 0.261. The van der Waals surface area contributed by atoms with E-state index in [1.165, 1.54) is 11.8 Å². The minimum Gasteiger partial charge on any atom is -0.366 e. The monoisotopic (exact) mass is 389 g/mol. The lowest BCUT2D eigenvalue weighted by Gasteiger charge is -2.20. The number of carbonyl (C=O) groups is 3. The van der Waals surface area contributed by atoms with Crippen LogP contribution in [0.25, 0.3) is 5.57 Å². The van der Waals surface area contributed by atoms with E-state index in [2.05, 4.69) is 5.32 Å². The summed E-state index contributed by atoms with van der Waals surface area (Å²) < 4.78 is 0. The predicted octanol–water partition coefficient (Wildman–Crippen LogP) is 3.33. The van der Waals surface area contributed by atoms with Crippen molar-refractivity contribution >= 4 is 34.7 Å². The molecule has 2 aliphatic heterocycles. The first kappa shape index (κ1) is 18.9. The number of carbonyl (C=O) groups excluding carboxylic acids is 3. The van der Waals surface area contributed by atoms with Gasteiger partial charge >= 0.3 is 0 Å². The van der Waals surface area contributed by atoms with E-state index in [1.807, 2.05) is 36.1 Å². The van der Waals surface area contributed by atoms with Crippen LogP contribution in [0.4, 0.5) is 11.4 Å². The zero-order chi connectivity index (χ0) is 20.5. The number of hydrogen-bond acceptors (Lipinski definition) is 4. The summed E-state index contributed by atoms with van der Waals surface area (Å²) in [5.41, 5.74) is 3.91. The third kappa shape index (κ3) is 3.53. The van der Waals surface area contributed by atoms with E-state index in [4.69, 9.17) is 0 Å². The lowest BCUT2D eigenvalue weighted by Crippen LogP contribution is -2.34. The highest BCUT2D eigenvalue weighted by Crippen LogP contribution is 2.36. The molecule has 6 nitrogen and oxygen atoms in total. The number of nitrogens with zero attached hydrogens (tertiary/aromatic N) is 2. The van der Waals surface area contributed by atoms with Crippen molar-refractivity contribution in [3.8, 4) is 0 Å². The van der Waals surface area contributed by atoms with E-state index in [1.54, 1.807) is 24.3 Å². The number of rotatable bonds is 4. The summed E-state index contributed by atoms with van der Waals surface area (Å²) in [5.74, 6) is -0.779. The highest BCUT2D eigenvalue weighted by atomic mass is 16.2. The van der Waals surface area contributed by atoms with Gasteiger partial charge in [-0.1, -0.05) is 29.8 Å². The van der Waals surface area contributed by atoms with Crippen molar-refractivity contribution < 1.29 is 14.4 Å². The van der Waals surface area contributed by atoms with Crippen LogP contribution in [0, 0.1) is 6.92 Å². The Bertz CT molecular complexity index is 1000. The standard InChI is InChI=1S/C23H23N3O3/c1-15-5-7-17(8-6-15)20-21(25-13-3-4-14-25)23(29)26(22(20)28)19-11-9-18(10-12-19)24-16(2)27/h5-12H,3-4,13-14H2,1-2H3,(H,24,27). The third-order valence-corrected chi connectivity index (χ3v) is 5.27. The highest BCUT2D eigenvalue weighted by molar-refractivity contribution is 6.45. The third-order valence-electron chi connectivity index (χ3n) is 5.27. The van der Waals surface area contributed by atoms with Gasteiger partial charge in [0.15, 0.2) is 0 Å². The lowest BCUT2D eigenvalue weighted by molar-refractivity contribution is -0.120. The highest BCUT2D eigenvalue weighted by Gasteiger charge is 2.42.